The van der Waals surface area contributed by atoms with Crippen LogP contribution in [0, 0.1) is 11.3 Å². The molecule has 1 N–H and O–H groups in total. The van der Waals surface area contributed by atoms with Crippen LogP contribution in [0.25, 0.3) is 0 Å². The smallest absolute Gasteiger partial charge is 0.269 e. The Balaban J connectivity index is 0.00000240. The Hall–Kier alpha value is -2.75. The van der Waals surface area contributed by atoms with Crippen LogP contribution in [0.4, 0.5) is 0 Å². The minimum absolute atomic E-state index is 0. The van der Waals surface area contributed by atoms with Gasteiger partial charge < -0.3 is 9.88 Å². The second-order valence-corrected chi connectivity index (χ2v) is 7.69. The Bertz CT molecular complexity index is 1010. The lowest BCUT2D eigenvalue weighted by Crippen LogP contribution is -2.28. The molecule has 148 valence electrons. The van der Waals surface area contributed by atoms with Crippen molar-refractivity contribution in [1.82, 2.24) is 14.9 Å². The van der Waals surface area contributed by atoms with E-state index in [4.69, 9.17) is 5.26 Å². The van der Waals surface area contributed by atoms with Crippen molar-refractivity contribution in [3.05, 3.63) is 83.2 Å². The molecule has 0 radical (unpaired) electrons. The summed E-state index contributed by atoms with van der Waals surface area (Å²) in [6.45, 7) is 0.628. The van der Waals surface area contributed by atoms with Crippen molar-refractivity contribution in [2.75, 3.05) is 12.3 Å². The summed E-state index contributed by atoms with van der Waals surface area (Å²) in [7, 11) is 0. The fourth-order valence-electron chi connectivity index (χ4n) is 3.40. The fourth-order valence-corrected chi connectivity index (χ4v) is 4.54. The van der Waals surface area contributed by atoms with Gasteiger partial charge in [0.25, 0.3) is 5.91 Å². The van der Waals surface area contributed by atoms with E-state index in [0.29, 0.717) is 17.8 Å². The molecule has 7 heteroatoms. The summed E-state index contributed by atoms with van der Waals surface area (Å²) in [4.78, 5) is 17.1. The molecule has 1 aliphatic heterocycles. The van der Waals surface area contributed by atoms with E-state index in [2.05, 4.69) is 28.5 Å². The Kier molecular flexibility index (Phi) is 6.97. The molecule has 2 heterocycles. The second kappa shape index (κ2) is 9.64. The SMILES string of the molecule is Cl.N#Cc1ccc(C2CSc3ncc(C(=O)NCCCc4ccccc4)n32)cc1. The minimum atomic E-state index is -0.0899. The highest BCUT2D eigenvalue weighted by molar-refractivity contribution is 7.99. The molecule has 0 aliphatic carbocycles. The molecule has 0 bridgehead atoms. The van der Waals surface area contributed by atoms with Crippen LogP contribution >= 0.6 is 24.2 Å². The molecule has 3 aromatic rings. The third kappa shape index (κ3) is 4.64. The van der Waals surface area contributed by atoms with E-state index in [1.54, 1.807) is 18.0 Å². The molecule has 0 spiro atoms. The van der Waals surface area contributed by atoms with Crippen LogP contribution < -0.4 is 5.32 Å². The van der Waals surface area contributed by atoms with Gasteiger partial charge in [0.15, 0.2) is 5.16 Å². The van der Waals surface area contributed by atoms with Gasteiger partial charge in [-0.1, -0.05) is 54.2 Å². The molecule has 5 nitrogen and oxygen atoms in total. The van der Waals surface area contributed by atoms with E-state index in [0.717, 1.165) is 29.3 Å². The maximum atomic E-state index is 12.7. The van der Waals surface area contributed by atoms with Crippen LogP contribution in [0.2, 0.25) is 0 Å². The number of fused-ring (bicyclic) bond motifs is 1. The number of nitrogens with one attached hydrogen (secondary N) is 1. The number of imidazole rings is 1. The first-order valence-electron chi connectivity index (χ1n) is 9.28. The van der Waals surface area contributed by atoms with Crippen LogP contribution in [0.5, 0.6) is 0 Å². The van der Waals surface area contributed by atoms with Crippen LogP contribution in [-0.2, 0) is 6.42 Å². The highest BCUT2D eigenvalue weighted by Gasteiger charge is 2.30. The number of nitriles is 1. The summed E-state index contributed by atoms with van der Waals surface area (Å²) < 4.78 is 2.01. The van der Waals surface area contributed by atoms with Crippen molar-refractivity contribution < 1.29 is 4.79 Å². The number of amides is 1. The van der Waals surface area contributed by atoms with Crippen LogP contribution in [-0.4, -0.2) is 27.8 Å². The van der Waals surface area contributed by atoms with Gasteiger partial charge in [0.05, 0.1) is 23.9 Å². The number of thioether (sulfide) groups is 1. The highest BCUT2D eigenvalue weighted by atomic mass is 35.5. The molecule has 4 rings (SSSR count). The van der Waals surface area contributed by atoms with Gasteiger partial charge in [0.2, 0.25) is 0 Å². The maximum absolute atomic E-state index is 12.7. The van der Waals surface area contributed by atoms with Crippen molar-refractivity contribution >= 4 is 30.1 Å². The van der Waals surface area contributed by atoms with Crippen LogP contribution in [0.15, 0.2) is 66.0 Å². The quantitative estimate of drug-likeness (QED) is 0.601. The number of hydrogen-bond donors (Lipinski definition) is 1. The lowest BCUT2D eigenvalue weighted by atomic mass is 10.1. The van der Waals surface area contributed by atoms with Gasteiger partial charge in [0.1, 0.15) is 5.69 Å². The number of rotatable bonds is 6. The average molecular weight is 425 g/mol. The average Bonchev–Trinajstić information content (AvgIpc) is 3.34. The van der Waals surface area contributed by atoms with E-state index >= 15 is 0 Å². The number of carbonyl (C=O) groups is 1. The molecular weight excluding hydrogens is 404 g/mol. The van der Waals surface area contributed by atoms with Crippen molar-refractivity contribution in [2.45, 2.75) is 24.0 Å². The molecule has 1 aliphatic rings. The third-order valence-electron chi connectivity index (χ3n) is 4.87. The zero-order chi connectivity index (χ0) is 19.3. The van der Waals surface area contributed by atoms with Crippen LogP contribution in [0.1, 0.15) is 39.6 Å². The molecular formula is C22H21ClN4OS. The van der Waals surface area contributed by atoms with E-state index in [9.17, 15) is 4.79 Å². The summed E-state index contributed by atoms with van der Waals surface area (Å²) in [5.41, 5.74) is 3.59. The molecule has 0 saturated heterocycles. The first-order valence-corrected chi connectivity index (χ1v) is 10.3. The molecule has 1 atom stereocenters. The Morgan fingerprint density at radius 1 is 1.21 bits per heavy atom. The molecule has 0 fully saturated rings. The van der Waals surface area contributed by atoms with Gasteiger partial charge in [-0.15, -0.1) is 12.4 Å². The second-order valence-electron chi connectivity index (χ2n) is 6.70. The summed E-state index contributed by atoms with van der Waals surface area (Å²) >= 11 is 1.65. The lowest BCUT2D eigenvalue weighted by molar-refractivity contribution is 0.0942. The number of aromatic nitrogens is 2. The van der Waals surface area contributed by atoms with E-state index in [1.165, 1.54) is 5.56 Å². The standard InChI is InChI=1S/C22H20N4OS.ClH/c23-13-17-8-10-18(11-9-17)20-15-28-22-25-14-19(26(20)22)21(27)24-12-4-7-16-5-2-1-3-6-16;/h1-3,5-6,8-11,14,20H,4,7,12,15H2,(H,24,27);1H. The predicted molar refractivity (Wildman–Crippen MR) is 117 cm³/mol. The van der Waals surface area contributed by atoms with E-state index in [-0.39, 0.29) is 24.4 Å². The molecule has 1 aromatic heterocycles. The number of hydrogen-bond acceptors (Lipinski definition) is 4. The molecule has 2 aromatic carbocycles. The fraction of sp³-hybridized carbons (Fsp3) is 0.227. The number of benzene rings is 2. The normalized spacial score (nSPS) is 14.5. The topological polar surface area (TPSA) is 70.7 Å². The van der Waals surface area contributed by atoms with Gasteiger partial charge in [0, 0.05) is 12.3 Å². The van der Waals surface area contributed by atoms with Gasteiger partial charge in [-0.25, -0.2) is 4.98 Å². The van der Waals surface area contributed by atoms with Crippen molar-refractivity contribution in [1.29, 1.82) is 5.26 Å². The summed E-state index contributed by atoms with van der Waals surface area (Å²) in [6, 6.07) is 20.0. The first kappa shape index (κ1) is 21.0. The number of nitrogens with zero attached hydrogens (tertiary/aromatic N) is 3. The predicted octanol–water partition coefficient (Wildman–Crippen LogP) is 4.23. The third-order valence-corrected chi connectivity index (χ3v) is 5.92. The molecule has 1 unspecified atom stereocenters. The van der Waals surface area contributed by atoms with E-state index < -0.39 is 0 Å². The van der Waals surface area contributed by atoms with Gasteiger partial charge in [-0.3, -0.25) is 4.79 Å². The van der Waals surface area contributed by atoms with Crippen molar-refractivity contribution in [2.24, 2.45) is 0 Å². The summed E-state index contributed by atoms with van der Waals surface area (Å²) in [5, 5.41) is 12.9. The van der Waals surface area contributed by atoms with Crippen LogP contribution in [0.3, 0.4) is 0 Å². The molecule has 29 heavy (non-hydrogen) atoms. The van der Waals surface area contributed by atoms with E-state index in [1.807, 2.05) is 47.0 Å². The molecule has 1 amide bonds. The first-order chi connectivity index (χ1) is 13.8. The monoisotopic (exact) mass is 424 g/mol. The van der Waals surface area contributed by atoms with Gasteiger partial charge in [-0.05, 0) is 36.1 Å². The zero-order valence-corrected chi connectivity index (χ0v) is 17.4. The minimum Gasteiger partial charge on any atom is -0.351 e. The Labute approximate surface area is 180 Å². The number of aryl methyl sites for hydroxylation is 1. The van der Waals surface area contributed by atoms with Crippen molar-refractivity contribution in [3.63, 3.8) is 0 Å². The summed E-state index contributed by atoms with van der Waals surface area (Å²) in [6.07, 6.45) is 3.49. The number of halogens is 1. The summed E-state index contributed by atoms with van der Waals surface area (Å²) in [5.74, 6) is 0.747. The maximum Gasteiger partial charge on any atom is 0.269 e. The van der Waals surface area contributed by atoms with Gasteiger partial charge in [-0.2, -0.15) is 5.26 Å². The zero-order valence-electron chi connectivity index (χ0n) is 15.7. The lowest BCUT2D eigenvalue weighted by Gasteiger charge is -2.16. The molecule has 0 saturated carbocycles. The van der Waals surface area contributed by atoms with Gasteiger partial charge >= 0.3 is 0 Å². The largest absolute Gasteiger partial charge is 0.351 e. The Morgan fingerprint density at radius 3 is 2.69 bits per heavy atom. The Morgan fingerprint density at radius 2 is 1.97 bits per heavy atom. The highest BCUT2D eigenvalue weighted by Crippen LogP contribution is 2.37. The number of carbonyl (C=O) groups excluding carboxylic acids is 1. The van der Waals surface area contributed by atoms with Crippen molar-refractivity contribution in [3.8, 4) is 6.07 Å².